The molecule has 0 spiro atoms. The van der Waals surface area contributed by atoms with E-state index in [-0.39, 0.29) is 57.4 Å². The maximum atomic E-state index is 13.6. The number of carbonyl (C=O) groups is 8. The van der Waals surface area contributed by atoms with Crippen LogP contribution in [0.15, 0.2) is 0 Å². The number of amides is 2. The zero-order valence-electron chi connectivity index (χ0n) is 33.2. The lowest BCUT2D eigenvalue weighted by Crippen LogP contribution is -2.70. The molecule has 0 aromatic carbocycles. The highest BCUT2D eigenvalue weighted by molar-refractivity contribution is 5.81. The van der Waals surface area contributed by atoms with Gasteiger partial charge in [-0.3, -0.25) is 33.6 Å². The highest BCUT2D eigenvalue weighted by Gasteiger charge is 2.59. The van der Waals surface area contributed by atoms with Crippen molar-refractivity contribution in [2.75, 3.05) is 53.3 Å². The van der Waals surface area contributed by atoms with Crippen LogP contribution in [0.25, 0.3) is 0 Å². The monoisotopic (exact) mass is 814 g/mol. The Kier molecular flexibility index (Phi) is 21.0. The van der Waals surface area contributed by atoms with Gasteiger partial charge >= 0.3 is 35.8 Å². The molecule has 1 aliphatic heterocycles. The summed E-state index contributed by atoms with van der Waals surface area (Å²) in [6.45, 7) is 4.17. The summed E-state index contributed by atoms with van der Waals surface area (Å²) in [6.07, 6.45) is 0.216. The summed E-state index contributed by atoms with van der Waals surface area (Å²) >= 11 is 0. The van der Waals surface area contributed by atoms with Crippen LogP contribution in [0.3, 0.4) is 0 Å². The summed E-state index contributed by atoms with van der Waals surface area (Å²) in [5.41, 5.74) is 0. The van der Waals surface area contributed by atoms with Crippen LogP contribution in [0.2, 0.25) is 0 Å². The third kappa shape index (κ3) is 17.5. The molecule has 2 fully saturated rings. The minimum Gasteiger partial charge on any atom is -0.465 e. The SMILES string of the molecule is C#CCOCCOCCO[C@]1(C(=O)OC)C[C@H](OC(C)=O)[C@@H](NC(=O)COC(C)=O)[C@H]([C@H](OC(C)=O)[C@@H](CNC(=O)CC2CCC(OC(C)=O)CC2)OC(C)=O)O1. The number of ether oxygens (including phenoxy) is 10. The molecule has 0 aromatic heterocycles. The first-order valence-electron chi connectivity index (χ1n) is 18.4. The Morgan fingerprint density at radius 3 is 2.00 bits per heavy atom. The number of terminal acetylenes is 1. The second kappa shape index (κ2) is 24.7. The first-order chi connectivity index (χ1) is 27.0. The van der Waals surface area contributed by atoms with Crippen LogP contribution in [0.4, 0.5) is 0 Å². The van der Waals surface area contributed by atoms with Gasteiger partial charge in [0.1, 0.15) is 24.9 Å². The van der Waals surface area contributed by atoms with E-state index in [0.717, 1.165) is 34.8 Å². The van der Waals surface area contributed by atoms with Gasteiger partial charge in [-0.05, 0) is 31.6 Å². The zero-order valence-corrected chi connectivity index (χ0v) is 33.2. The fourth-order valence-corrected chi connectivity index (χ4v) is 6.39. The molecule has 2 N–H and O–H groups in total. The fourth-order valence-electron chi connectivity index (χ4n) is 6.39. The average Bonchev–Trinajstić information content (AvgIpc) is 3.13. The Hall–Kier alpha value is -4.84. The summed E-state index contributed by atoms with van der Waals surface area (Å²) in [5, 5.41) is 5.23. The van der Waals surface area contributed by atoms with Gasteiger partial charge < -0.3 is 58.0 Å². The van der Waals surface area contributed by atoms with Crippen molar-refractivity contribution < 1.29 is 85.7 Å². The molecule has 1 heterocycles. The van der Waals surface area contributed by atoms with Crippen LogP contribution < -0.4 is 10.6 Å². The summed E-state index contributed by atoms with van der Waals surface area (Å²) in [6, 6.07) is -1.51. The van der Waals surface area contributed by atoms with Gasteiger partial charge in [-0.25, -0.2) is 4.79 Å². The molecule has 20 heteroatoms. The standard InChI is InChI=1S/C37H54N2O18/c1-8-13-49-14-15-50-16-17-52-37(36(47)48-7)19-29(54-24(4)42)33(39-32(46)21-51-22(2)40)35(57-37)34(56-26(6)44)30(55-25(5)43)20-38-31(45)18-27-9-11-28(12-10-27)53-23(3)41/h1,27-30,33-35H,9-21H2,2-7H3,(H,38,45)(H,39,46)/t27?,28?,29-,30+,33+,34+,35+,37+/m0/s1. The van der Waals surface area contributed by atoms with Crippen LogP contribution in [-0.2, 0) is 85.7 Å². The highest BCUT2D eigenvalue weighted by Crippen LogP contribution is 2.37. The van der Waals surface area contributed by atoms with Gasteiger partial charge in [0, 0.05) is 41.0 Å². The van der Waals surface area contributed by atoms with Gasteiger partial charge in [0.25, 0.3) is 11.7 Å². The fraction of sp³-hybridized carbons (Fsp3) is 0.730. The van der Waals surface area contributed by atoms with E-state index in [2.05, 4.69) is 16.6 Å². The lowest BCUT2D eigenvalue weighted by atomic mass is 9.85. The van der Waals surface area contributed by atoms with Crippen LogP contribution in [0.5, 0.6) is 0 Å². The number of hydrogen-bond donors (Lipinski definition) is 2. The molecule has 1 saturated carbocycles. The molecule has 2 amide bonds. The normalized spacial score (nSPS) is 23.9. The van der Waals surface area contributed by atoms with Gasteiger partial charge in [-0.1, -0.05) is 5.92 Å². The van der Waals surface area contributed by atoms with Gasteiger partial charge in [0.05, 0.1) is 52.5 Å². The summed E-state index contributed by atoms with van der Waals surface area (Å²) in [5.74, 6) is -6.52. The van der Waals surface area contributed by atoms with Crippen molar-refractivity contribution in [2.45, 2.75) is 115 Å². The maximum Gasteiger partial charge on any atom is 0.366 e. The third-order valence-corrected chi connectivity index (χ3v) is 8.63. The van der Waals surface area contributed by atoms with E-state index < -0.39 is 97.5 Å². The maximum absolute atomic E-state index is 13.6. The molecular formula is C37H54N2O18. The van der Waals surface area contributed by atoms with E-state index >= 15 is 0 Å². The summed E-state index contributed by atoms with van der Waals surface area (Å²) < 4.78 is 54.8. The molecule has 0 aromatic rings. The van der Waals surface area contributed by atoms with Crippen molar-refractivity contribution in [1.29, 1.82) is 0 Å². The van der Waals surface area contributed by atoms with Crippen molar-refractivity contribution in [3.05, 3.63) is 0 Å². The van der Waals surface area contributed by atoms with Crippen molar-refractivity contribution in [2.24, 2.45) is 5.92 Å². The molecule has 2 rings (SSSR count). The second-order valence-electron chi connectivity index (χ2n) is 13.3. The van der Waals surface area contributed by atoms with E-state index in [1.54, 1.807) is 0 Å². The van der Waals surface area contributed by atoms with Gasteiger partial charge in [-0.15, -0.1) is 6.42 Å². The number of nitrogens with one attached hydrogen (secondary N) is 2. The van der Waals surface area contributed by atoms with E-state index in [9.17, 15) is 38.4 Å². The Morgan fingerprint density at radius 2 is 1.42 bits per heavy atom. The van der Waals surface area contributed by atoms with E-state index in [4.69, 9.17) is 53.8 Å². The molecule has 0 bridgehead atoms. The van der Waals surface area contributed by atoms with Crippen molar-refractivity contribution in [1.82, 2.24) is 10.6 Å². The summed E-state index contributed by atoms with van der Waals surface area (Å²) in [7, 11) is 1.03. The third-order valence-electron chi connectivity index (χ3n) is 8.63. The predicted molar refractivity (Wildman–Crippen MR) is 191 cm³/mol. The molecular weight excluding hydrogens is 760 g/mol. The van der Waals surface area contributed by atoms with Gasteiger partial charge in [0.15, 0.2) is 18.8 Å². The Morgan fingerprint density at radius 1 is 0.789 bits per heavy atom. The number of rotatable bonds is 22. The molecule has 57 heavy (non-hydrogen) atoms. The van der Waals surface area contributed by atoms with E-state index in [1.807, 2.05) is 0 Å². The zero-order chi connectivity index (χ0) is 42.5. The predicted octanol–water partition coefficient (Wildman–Crippen LogP) is -0.201. The topological polar surface area (TPSA) is 253 Å². The van der Waals surface area contributed by atoms with Gasteiger partial charge in [0.2, 0.25) is 5.91 Å². The van der Waals surface area contributed by atoms with Crippen molar-refractivity contribution >= 4 is 47.6 Å². The lowest BCUT2D eigenvalue weighted by molar-refractivity contribution is -0.315. The number of esters is 6. The number of hydrogen-bond acceptors (Lipinski definition) is 18. The van der Waals surface area contributed by atoms with Crippen molar-refractivity contribution in [3.8, 4) is 12.3 Å². The molecule has 20 nitrogen and oxygen atoms in total. The van der Waals surface area contributed by atoms with E-state index in [1.165, 1.54) is 6.92 Å². The Balaban J connectivity index is 2.52. The Labute approximate surface area is 330 Å². The molecule has 0 radical (unpaired) electrons. The van der Waals surface area contributed by atoms with Crippen molar-refractivity contribution in [3.63, 3.8) is 0 Å². The van der Waals surface area contributed by atoms with Gasteiger partial charge in [-0.2, -0.15) is 0 Å². The molecule has 0 unspecified atom stereocenters. The summed E-state index contributed by atoms with van der Waals surface area (Å²) in [4.78, 5) is 100. The average molecular weight is 815 g/mol. The second-order valence-corrected chi connectivity index (χ2v) is 13.3. The first-order valence-corrected chi connectivity index (χ1v) is 18.4. The molecule has 1 aliphatic carbocycles. The molecule has 320 valence electrons. The molecule has 1 saturated heterocycles. The van der Waals surface area contributed by atoms with Crippen LogP contribution in [0.1, 0.15) is 73.1 Å². The quantitative estimate of drug-likeness (QED) is 0.0621. The largest absolute Gasteiger partial charge is 0.465 e. The first kappa shape index (κ1) is 48.3. The lowest BCUT2D eigenvalue weighted by Gasteiger charge is -2.48. The van der Waals surface area contributed by atoms with Crippen LogP contribution >= 0.6 is 0 Å². The minimum absolute atomic E-state index is 0.0477. The highest BCUT2D eigenvalue weighted by atomic mass is 16.7. The molecule has 2 aliphatic rings. The number of methoxy groups -OCH3 is 1. The van der Waals surface area contributed by atoms with E-state index in [0.29, 0.717) is 25.7 Å². The van der Waals surface area contributed by atoms with Crippen LogP contribution in [-0.4, -0.2) is 143 Å². The number of carbonyl (C=O) groups excluding carboxylic acids is 8. The minimum atomic E-state index is -2.42. The smallest absolute Gasteiger partial charge is 0.366 e. The van der Waals surface area contributed by atoms with Crippen LogP contribution in [0, 0.1) is 18.3 Å². The molecule has 6 atom stereocenters. The Bertz CT molecular complexity index is 1440.